The van der Waals surface area contributed by atoms with Crippen molar-refractivity contribution in [1.29, 1.82) is 0 Å². The van der Waals surface area contributed by atoms with Crippen LogP contribution in [-0.4, -0.2) is 9.55 Å². The fourth-order valence-electron chi connectivity index (χ4n) is 8.07. The molecule has 4 heteroatoms. The van der Waals surface area contributed by atoms with Gasteiger partial charge in [-0.25, -0.2) is 9.83 Å². The molecule has 54 heavy (non-hydrogen) atoms. The highest BCUT2D eigenvalue weighted by Crippen LogP contribution is 2.41. The Morgan fingerprint density at radius 2 is 1.09 bits per heavy atom. The van der Waals surface area contributed by atoms with E-state index in [4.69, 9.17) is 11.6 Å². The van der Waals surface area contributed by atoms with Gasteiger partial charge < -0.3 is 9.47 Å². The van der Waals surface area contributed by atoms with Gasteiger partial charge in [0.2, 0.25) is 0 Å². The average Bonchev–Trinajstić information content (AvgIpc) is 3.48. The molecule has 0 radical (unpaired) electrons. The predicted molar refractivity (Wildman–Crippen MR) is 223 cm³/mol. The van der Waals surface area contributed by atoms with Crippen LogP contribution in [-0.2, 0) is 13.1 Å². The molecule has 2 aromatic heterocycles. The van der Waals surface area contributed by atoms with Crippen molar-refractivity contribution in [3.05, 3.63) is 205 Å². The van der Waals surface area contributed by atoms with Crippen molar-refractivity contribution in [2.45, 2.75) is 13.1 Å². The molecular weight excluding hydrogens is 657 g/mol. The van der Waals surface area contributed by atoms with Crippen LogP contribution in [0.4, 0.5) is 11.4 Å². The number of hydrogen-bond acceptors (Lipinski definition) is 2. The van der Waals surface area contributed by atoms with Crippen LogP contribution >= 0.6 is 0 Å². The number of rotatable bonds is 5. The van der Waals surface area contributed by atoms with Gasteiger partial charge in [-0.2, -0.15) is 0 Å². The van der Waals surface area contributed by atoms with Gasteiger partial charge in [-0.1, -0.05) is 121 Å². The van der Waals surface area contributed by atoms with Crippen LogP contribution in [0.2, 0.25) is 0 Å². The molecule has 7 aromatic carbocycles. The summed E-state index contributed by atoms with van der Waals surface area (Å²) in [6.45, 7) is 9.21. The smallest absolute Gasteiger partial charge is 0.188 e. The van der Waals surface area contributed by atoms with E-state index in [1.807, 2.05) is 24.3 Å². The van der Waals surface area contributed by atoms with Crippen molar-refractivity contribution >= 4 is 33.2 Å². The second kappa shape index (κ2) is 13.1. The highest BCUT2D eigenvalue weighted by atomic mass is 15.1. The maximum absolute atomic E-state index is 7.65. The molecular formula is C50H34N4. The first-order valence-electron chi connectivity index (χ1n) is 18.3. The normalized spacial score (nSPS) is 12.2. The first-order valence-corrected chi connectivity index (χ1v) is 18.3. The molecule has 254 valence electrons. The Morgan fingerprint density at radius 3 is 1.81 bits per heavy atom. The Labute approximate surface area is 314 Å². The molecule has 4 nitrogen and oxygen atoms in total. The van der Waals surface area contributed by atoms with E-state index in [0.29, 0.717) is 5.69 Å². The summed E-state index contributed by atoms with van der Waals surface area (Å²) in [4.78, 5) is 11.4. The van der Waals surface area contributed by atoms with Crippen LogP contribution in [0.1, 0.15) is 11.1 Å². The number of hydrogen-bond donors (Lipinski definition) is 0. The Hall–Kier alpha value is -7.22. The minimum absolute atomic E-state index is 0.652. The Morgan fingerprint density at radius 1 is 0.444 bits per heavy atom. The second-order valence-corrected chi connectivity index (χ2v) is 13.9. The summed E-state index contributed by atoms with van der Waals surface area (Å²) in [6, 6.07) is 64.5. The van der Waals surface area contributed by atoms with Crippen molar-refractivity contribution in [3.8, 4) is 50.5 Å². The number of anilines is 1. The molecule has 0 saturated heterocycles. The number of fused-ring (bicyclic) bond motifs is 6. The zero-order chi connectivity index (χ0) is 36.0. The average molecular weight is 691 g/mol. The van der Waals surface area contributed by atoms with Gasteiger partial charge in [0.1, 0.15) is 0 Å². The number of aromatic nitrogens is 2. The van der Waals surface area contributed by atoms with Crippen molar-refractivity contribution in [2.24, 2.45) is 0 Å². The molecule has 3 heterocycles. The number of benzene rings is 7. The number of pyridine rings is 1. The number of nitrogens with zero attached hydrogens (tertiary/aromatic N) is 4. The van der Waals surface area contributed by atoms with Crippen LogP contribution in [0.5, 0.6) is 0 Å². The van der Waals surface area contributed by atoms with E-state index in [0.717, 1.165) is 74.2 Å². The largest absolute Gasteiger partial charge is 0.363 e. The van der Waals surface area contributed by atoms with Crippen LogP contribution in [0.25, 0.3) is 77.1 Å². The zero-order valence-electron chi connectivity index (χ0n) is 29.5. The summed E-state index contributed by atoms with van der Waals surface area (Å²) in [6.07, 6.45) is 0. The van der Waals surface area contributed by atoms with E-state index in [9.17, 15) is 0 Å². The summed E-state index contributed by atoms with van der Waals surface area (Å²) in [5.41, 5.74) is 16.6. The van der Waals surface area contributed by atoms with Gasteiger partial charge in [-0.05, 0) is 99.4 Å². The van der Waals surface area contributed by atoms with Gasteiger partial charge in [-0.15, -0.1) is 0 Å². The Kier molecular flexibility index (Phi) is 7.63. The minimum atomic E-state index is 0.652. The molecule has 0 aliphatic carbocycles. The third-order valence-corrected chi connectivity index (χ3v) is 10.7. The molecule has 0 spiro atoms. The lowest BCUT2D eigenvalue weighted by molar-refractivity contribution is 0.812. The Bertz CT molecular complexity index is 2830. The molecule has 0 amide bonds. The molecule has 0 bridgehead atoms. The number of para-hydroxylation sites is 2. The van der Waals surface area contributed by atoms with E-state index in [1.54, 1.807) is 0 Å². The van der Waals surface area contributed by atoms with Crippen LogP contribution in [0.3, 0.4) is 0 Å². The summed E-state index contributed by atoms with van der Waals surface area (Å²) in [5.74, 6) is 0. The predicted octanol–water partition coefficient (Wildman–Crippen LogP) is 12.9. The van der Waals surface area contributed by atoms with Crippen molar-refractivity contribution in [1.82, 2.24) is 9.55 Å². The molecule has 1 aliphatic heterocycles. The maximum atomic E-state index is 7.65. The monoisotopic (exact) mass is 690 g/mol. The molecule has 0 saturated carbocycles. The lowest BCUT2D eigenvalue weighted by atomic mass is 9.92. The zero-order valence-corrected chi connectivity index (χ0v) is 29.5. The van der Waals surface area contributed by atoms with Gasteiger partial charge in [-0.3, -0.25) is 0 Å². The quantitative estimate of drug-likeness (QED) is 0.168. The highest BCUT2D eigenvalue weighted by molar-refractivity contribution is 6.10. The van der Waals surface area contributed by atoms with Crippen LogP contribution < -0.4 is 4.90 Å². The Balaban J connectivity index is 1.16. The highest BCUT2D eigenvalue weighted by Gasteiger charge is 2.23. The van der Waals surface area contributed by atoms with E-state index in [2.05, 4.69) is 172 Å². The second-order valence-electron chi connectivity index (χ2n) is 13.9. The van der Waals surface area contributed by atoms with Crippen molar-refractivity contribution in [2.75, 3.05) is 4.90 Å². The first-order chi connectivity index (χ1) is 26.7. The van der Waals surface area contributed by atoms with Crippen molar-refractivity contribution in [3.63, 3.8) is 0 Å². The molecule has 0 fully saturated rings. The maximum Gasteiger partial charge on any atom is 0.188 e. The van der Waals surface area contributed by atoms with Gasteiger partial charge >= 0.3 is 0 Å². The first kappa shape index (κ1) is 31.5. The fraction of sp³-hybridized carbons (Fsp3) is 0.0400. The van der Waals surface area contributed by atoms with Gasteiger partial charge in [0, 0.05) is 41.0 Å². The molecule has 1 aliphatic rings. The van der Waals surface area contributed by atoms with E-state index in [1.165, 1.54) is 27.9 Å². The molecule has 0 atom stereocenters. The molecule has 9 aromatic rings. The summed E-state index contributed by atoms with van der Waals surface area (Å²) < 4.78 is 2.35. The van der Waals surface area contributed by atoms with Crippen molar-refractivity contribution < 1.29 is 0 Å². The SMILES string of the molecule is [C-]#[N+]c1ccc2c(c1)c1ccccc1n2-c1ccc2c(c1)-c1ccc(-c3cc(-c4ccccc4)nc(-c4ccccc4)c3)cc1CN(c1ccccc1)C2. The standard InChI is InChI=1S/C50H34N4/c1-51-40-23-26-50-46(30-40)44-19-11-12-20-49(44)54(50)42-24-21-37-32-53(41-17-9-4-10-18-41)33-39-27-36(22-25-43(39)45(37)31-42)38-28-47(34-13-5-2-6-14-34)52-48(29-38)35-15-7-3-8-16-35/h2-31H,32-33H2. The van der Waals surface area contributed by atoms with Crippen LogP contribution in [0.15, 0.2) is 182 Å². The third kappa shape index (κ3) is 5.51. The molecule has 0 N–H and O–H groups in total. The van der Waals surface area contributed by atoms with E-state index >= 15 is 0 Å². The van der Waals surface area contributed by atoms with E-state index < -0.39 is 0 Å². The summed E-state index contributed by atoms with van der Waals surface area (Å²) >= 11 is 0. The topological polar surface area (TPSA) is 25.4 Å². The minimum Gasteiger partial charge on any atom is -0.363 e. The van der Waals surface area contributed by atoms with Gasteiger partial charge in [0.15, 0.2) is 5.69 Å². The van der Waals surface area contributed by atoms with Crippen LogP contribution in [0, 0.1) is 6.57 Å². The summed E-state index contributed by atoms with van der Waals surface area (Å²) in [5, 5.41) is 2.24. The molecule has 10 rings (SSSR count). The molecule has 0 unspecified atom stereocenters. The van der Waals surface area contributed by atoms with E-state index in [-0.39, 0.29) is 0 Å². The van der Waals surface area contributed by atoms with Gasteiger partial charge in [0.05, 0.1) is 29.0 Å². The third-order valence-electron chi connectivity index (χ3n) is 10.7. The lowest BCUT2D eigenvalue weighted by Crippen LogP contribution is -2.20. The van der Waals surface area contributed by atoms with Gasteiger partial charge in [0.25, 0.3) is 0 Å². The summed E-state index contributed by atoms with van der Waals surface area (Å²) in [7, 11) is 0. The lowest BCUT2D eigenvalue weighted by Gasteiger charge is -2.24. The fourth-order valence-corrected chi connectivity index (χ4v) is 8.07.